The molecule has 94 valence electrons. The Balaban J connectivity index is 3.65. The number of halogens is 3. The van der Waals surface area contributed by atoms with Gasteiger partial charge in [-0.1, -0.05) is 12.8 Å². The molecule has 0 N–H and O–H groups in total. The smallest absolute Gasteiger partial charge is 0.263 e. The van der Waals surface area contributed by atoms with Crippen LogP contribution >= 0.6 is 0 Å². The van der Waals surface area contributed by atoms with Crippen molar-refractivity contribution >= 4 is 10.1 Å². The summed E-state index contributed by atoms with van der Waals surface area (Å²) in [5.74, 6) is 2.43. The Morgan fingerprint density at radius 1 is 1.12 bits per heavy atom. The molecule has 0 saturated carbocycles. The topological polar surface area (TPSA) is 43.4 Å². The number of alkyl halides is 3. The molecule has 0 unspecified atom stereocenters. The van der Waals surface area contributed by atoms with E-state index in [4.69, 9.17) is 6.42 Å². The van der Waals surface area contributed by atoms with Crippen molar-refractivity contribution in [3.63, 3.8) is 0 Å². The fourth-order valence-corrected chi connectivity index (χ4v) is 1.39. The highest BCUT2D eigenvalue weighted by Gasteiger charge is 2.47. The van der Waals surface area contributed by atoms with Gasteiger partial charge in [0.2, 0.25) is 0 Å². The van der Waals surface area contributed by atoms with Crippen molar-refractivity contribution in [2.75, 3.05) is 6.61 Å². The van der Waals surface area contributed by atoms with E-state index in [2.05, 4.69) is 10.1 Å². The van der Waals surface area contributed by atoms with Crippen LogP contribution < -0.4 is 0 Å². The molecule has 0 aromatic rings. The van der Waals surface area contributed by atoms with E-state index in [1.807, 2.05) is 0 Å². The molecule has 3 nitrogen and oxygen atoms in total. The Morgan fingerprint density at radius 2 is 1.69 bits per heavy atom. The van der Waals surface area contributed by atoms with Crippen LogP contribution in [0.25, 0.3) is 0 Å². The van der Waals surface area contributed by atoms with Crippen LogP contribution in [0.1, 0.15) is 32.1 Å². The summed E-state index contributed by atoms with van der Waals surface area (Å²) in [5, 5.41) is 0. The van der Waals surface area contributed by atoms with Crippen molar-refractivity contribution in [1.29, 1.82) is 0 Å². The monoisotopic (exact) mass is 258 g/mol. The van der Waals surface area contributed by atoms with Crippen LogP contribution in [0.5, 0.6) is 0 Å². The lowest BCUT2D eigenvalue weighted by Gasteiger charge is -2.07. The second-order valence-corrected chi connectivity index (χ2v) is 4.70. The van der Waals surface area contributed by atoms with Crippen LogP contribution in [0.4, 0.5) is 13.2 Å². The van der Waals surface area contributed by atoms with E-state index in [1.165, 1.54) is 0 Å². The minimum Gasteiger partial charge on any atom is -0.263 e. The van der Waals surface area contributed by atoms with Gasteiger partial charge in [0.15, 0.2) is 0 Å². The maximum absolute atomic E-state index is 11.8. The van der Waals surface area contributed by atoms with Gasteiger partial charge in [-0.25, -0.2) is 0 Å². The number of terminal acetylenes is 1. The van der Waals surface area contributed by atoms with E-state index in [0.717, 1.165) is 12.8 Å². The minimum atomic E-state index is -5.43. The molecule has 0 aliphatic carbocycles. The molecule has 0 saturated heterocycles. The SMILES string of the molecule is C#CCCCCCCOS(=O)(=O)C(F)(F)F. The molecule has 0 spiro atoms. The average molecular weight is 258 g/mol. The van der Waals surface area contributed by atoms with Crippen LogP contribution in [-0.2, 0) is 14.3 Å². The Labute approximate surface area is 93.1 Å². The summed E-state index contributed by atoms with van der Waals surface area (Å²) in [7, 11) is -5.43. The predicted molar refractivity (Wildman–Crippen MR) is 52.8 cm³/mol. The van der Waals surface area contributed by atoms with E-state index in [0.29, 0.717) is 12.8 Å². The van der Waals surface area contributed by atoms with Gasteiger partial charge in [0.1, 0.15) is 0 Å². The molecule has 0 atom stereocenters. The fourth-order valence-electron chi connectivity index (χ4n) is 0.918. The Hall–Kier alpha value is -0.740. The van der Waals surface area contributed by atoms with E-state index in [9.17, 15) is 21.6 Å². The highest BCUT2D eigenvalue weighted by atomic mass is 32.2. The standard InChI is InChI=1S/C9H13F3O3S/c1-2-3-4-5-6-7-8-15-16(13,14)9(10,11)12/h1H,3-8H2. The molecule has 0 aromatic heterocycles. The highest BCUT2D eigenvalue weighted by molar-refractivity contribution is 7.87. The number of rotatable bonds is 7. The quantitative estimate of drug-likeness (QED) is 0.305. The summed E-state index contributed by atoms with van der Waals surface area (Å²) < 4.78 is 60.0. The summed E-state index contributed by atoms with van der Waals surface area (Å²) in [4.78, 5) is 0. The van der Waals surface area contributed by atoms with Crippen molar-refractivity contribution in [3.8, 4) is 12.3 Å². The predicted octanol–water partition coefficient (Wildman–Crippen LogP) is 2.44. The van der Waals surface area contributed by atoms with Gasteiger partial charge in [-0.2, -0.15) is 21.6 Å². The molecular formula is C9H13F3O3S. The number of hydrogen-bond donors (Lipinski definition) is 0. The molecule has 0 heterocycles. The van der Waals surface area contributed by atoms with Crippen molar-refractivity contribution in [1.82, 2.24) is 0 Å². The maximum atomic E-state index is 11.8. The molecule has 0 radical (unpaired) electrons. The fraction of sp³-hybridized carbons (Fsp3) is 0.778. The Bertz CT molecular complexity index is 327. The zero-order valence-electron chi connectivity index (χ0n) is 8.59. The first-order valence-electron chi connectivity index (χ1n) is 4.70. The van der Waals surface area contributed by atoms with E-state index in [-0.39, 0.29) is 6.42 Å². The number of hydrogen-bond acceptors (Lipinski definition) is 3. The van der Waals surface area contributed by atoms with Crippen LogP contribution in [0, 0.1) is 12.3 Å². The molecule has 0 fully saturated rings. The lowest BCUT2D eigenvalue weighted by Crippen LogP contribution is -2.25. The van der Waals surface area contributed by atoms with Crippen LogP contribution in [0.3, 0.4) is 0 Å². The van der Waals surface area contributed by atoms with Crippen LogP contribution in [-0.4, -0.2) is 20.5 Å². The molecule has 0 aliphatic rings. The third kappa shape index (κ3) is 5.98. The highest BCUT2D eigenvalue weighted by Crippen LogP contribution is 2.24. The summed E-state index contributed by atoms with van der Waals surface area (Å²) in [6, 6.07) is 0. The van der Waals surface area contributed by atoms with Gasteiger partial charge >= 0.3 is 15.6 Å². The largest absolute Gasteiger partial charge is 0.523 e. The molecule has 0 bridgehead atoms. The van der Waals surface area contributed by atoms with Crippen molar-refractivity contribution in [2.45, 2.75) is 37.6 Å². The summed E-state index contributed by atoms with van der Waals surface area (Å²) in [6.45, 7) is -0.447. The average Bonchev–Trinajstić information content (AvgIpc) is 2.14. The zero-order chi connectivity index (χ0) is 12.7. The third-order valence-electron chi connectivity index (χ3n) is 1.74. The van der Waals surface area contributed by atoms with Gasteiger partial charge in [0, 0.05) is 6.42 Å². The number of unbranched alkanes of at least 4 members (excludes halogenated alkanes) is 4. The lowest BCUT2D eigenvalue weighted by atomic mass is 10.1. The van der Waals surface area contributed by atoms with E-state index in [1.54, 1.807) is 0 Å². The Kier molecular flexibility index (Phi) is 6.45. The van der Waals surface area contributed by atoms with Crippen molar-refractivity contribution < 1.29 is 25.8 Å². The first-order chi connectivity index (χ1) is 7.31. The van der Waals surface area contributed by atoms with Crippen LogP contribution in [0.15, 0.2) is 0 Å². The first-order valence-corrected chi connectivity index (χ1v) is 6.11. The van der Waals surface area contributed by atoms with Gasteiger partial charge in [0.05, 0.1) is 6.61 Å². The maximum Gasteiger partial charge on any atom is 0.523 e. The van der Waals surface area contributed by atoms with Gasteiger partial charge in [0.25, 0.3) is 0 Å². The molecule has 0 aliphatic heterocycles. The van der Waals surface area contributed by atoms with E-state index < -0.39 is 22.2 Å². The van der Waals surface area contributed by atoms with Gasteiger partial charge in [-0.3, -0.25) is 4.18 Å². The lowest BCUT2D eigenvalue weighted by molar-refractivity contribution is -0.0542. The molecule has 0 aromatic carbocycles. The second-order valence-electron chi connectivity index (χ2n) is 3.09. The molecule has 16 heavy (non-hydrogen) atoms. The van der Waals surface area contributed by atoms with Gasteiger partial charge in [-0.05, 0) is 12.8 Å². The second kappa shape index (κ2) is 6.76. The molecule has 0 rings (SSSR count). The zero-order valence-corrected chi connectivity index (χ0v) is 9.40. The third-order valence-corrected chi connectivity index (χ3v) is 2.78. The van der Waals surface area contributed by atoms with Gasteiger partial charge < -0.3 is 0 Å². The van der Waals surface area contributed by atoms with Crippen LogP contribution in [0.2, 0.25) is 0 Å². The Morgan fingerprint density at radius 3 is 2.19 bits per heavy atom. The molecule has 7 heteroatoms. The molecular weight excluding hydrogens is 245 g/mol. The van der Waals surface area contributed by atoms with Gasteiger partial charge in [-0.15, -0.1) is 12.3 Å². The molecule has 0 amide bonds. The minimum absolute atomic E-state index is 0.264. The summed E-state index contributed by atoms with van der Waals surface area (Å²) in [6.07, 6.45) is 7.99. The first kappa shape index (κ1) is 15.3. The summed E-state index contributed by atoms with van der Waals surface area (Å²) >= 11 is 0. The van der Waals surface area contributed by atoms with E-state index >= 15 is 0 Å². The van der Waals surface area contributed by atoms with Crippen molar-refractivity contribution in [2.24, 2.45) is 0 Å². The van der Waals surface area contributed by atoms with Crippen molar-refractivity contribution in [3.05, 3.63) is 0 Å². The normalized spacial score (nSPS) is 12.4. The summed E-state index contributed by atoms with van der Waals surface area (Å²) in [5.41, 5.74) is -5.34.